The zero-order chi connectivity index (χ0) is 10.1. The van der Waals surface area contributed by atoms with Crippen molar-refractivity contribution in [1.82, 2.24) is 9.78 Å². The highest BCUT2D eigenvalue weighted by atomic mass is 15.3. The van der Waals surface area contributed by atoms with Gasteiger partial charge in [-0.2, -0.15) is 5.10 Å². The van der Waals surface area contributed by atoms with Crippen LogP contribution >= 0.6 is 0 Å². The van der Waals surface area contributed by atoms with Crippen molar-refractivity contribution in [3.63, 3.8) is 0 Å². The Morgan fingerprint density at radius 2 is 2.15 bits per heavy atom. The summed E-state index contributed by atoms with van der Waals surface area (Å²) in [7, 11) is 0. The fraction of sp³-hybridized carbons (Fsp3) is 0.545. The minimum atomic E-state index is -0.215. The van der Waals surface area contributed by atoms with Gasteiger partial charge in [0.2, 0.25) is 0 Å². The molecule has 0 N–H and O–H groups in total. The molecule has 1 aromatic heterocycles. The minimum Gasteiger partial charge on any atom is -0.270 e. The van der Waals surface area contributed by atoms with Gasteiger partial charge in [0.25, 0.3) is 0 Å². The summed E-state index contributed by atoms with van der Waals surface area (Å²) in [5, 5.41) is 4.25. The van der Waals surface area contributed by atoms with Crippen molar-refractivity contribution >= 4 is 0 Å². The van der Waals surface area contributed by atoms with Crippen molar-refractivity contribution in [1.29, 1.82) is 0 Å². The molecule has 0 aliphatic rings. The van der Waals surface area contributed by atoms with E-state index < -0.39 is 0 Å². The van der Waals surface area contributed by atoms with Crippen LogP contribution in [-0.4, -0.2) is 9.78 Å². The van der Waals surface area contributed by atoms with Gasteiger partial charge in [0.15, 0.2) is 0 Å². The first-order valence-electron chi connectivity index (χ1n) is 4.50. The van der Waals surface area contributed by atoms with Gasteiger partial charge in [-0.25, -0.2) is 0 Å². The number of nitrogens with zero attached hydrogens (tertiary/aromatic N) is 2. The summed E-state index contributed by atoms with van der Waals surface area (Å²) in [6.07, 6.45) is 9.30. The van der Waals surface area contributed by atoms with Gasteiger partial charge in [0, 0.05) is 17.8 Å². The van der Waals surface area contributed by atoms with Crippen molar-refractivity contribution in [3.05, 3.63) is 18.0 Å². The predicted octanol–water partition coefficient (Wildman–Crippen LogP) is 2.37. The van der Waals surface area contributed by atoms with Crippen molar-refractivity contribution in [2.75, 3.05) is 0 Å². The number of hydrogen-bond acceptors (Lipinski definition) is 1. The normalized spacial score (nSPS) is 11.7. The second kappa shape index (κ2) is 3.26. The maximum atomic E-state index is 5.44. The Morgan fingerprint density at radius 1 is 1.54 bits per heavy atom. The zero-order valence-electron chi connectivity index (χ0n) is 8.70. The minimum absolute atomic E-state index is 0.215. The van der Waals surface area contributed by atoms with Crippen LogP contribution in [0.2, 0.25) is 0 Å². The van der Waals surface area contributed by atoms with E-state index in [0.29, 0.717) is 6.04 Å². The molecule has 13 heavy (non-hydrogen) atoms. The van der Waals surface area contributed by atoms with E-state index in [-0.39, 0.29) is 5.41 Å². The molecule has 0 saturated heterocycles. The van der Waals surface area contributed by atoms with Crippen LogP contribution in [0.4, 0.5) is 0 Å². The summed E-state index contributed by atoms with van der Waals surface area (Å²) in [4.78, 5) is 0. The molecule has 0 aliphatic carbocycles. The Kier molecular flexibility index (Phi) is 2.47. The van der Waals surface area contributed by atoms with E-state index >= 15 is 0 Å². The van der Waals surface area contributed by atoms with Crippen LogP contribution in [0.5, 0.6) is 0 Å². The number of hydrogen-bond donors (Lipinski definition) is 0. The Labute approximate surface area is 80.0 Å². The summed E-state index contributed by atoms with van der Waals surface area (Å²) in [5.41, 5.74) is 0.886. The number of terminal acetylenes is 1. The molecular weight excluding hydrogens is 160 g/mol. The van der Waals surface area contributed by atoms with Gasteiger partial charge < -0.3 is 0 Å². The zero-order valence-corrected chi connectivity index (χ0v) is 8.70. The van der Waals surface area contributed by atoms with Gasteiger partial charge in [-0.1, -0.05) is 5.92 Å². The van der Waals surface area contributed by atoms with E-state index in [1.54, 1.807) is 0 Å². The summed E-state index contributed by atoms with van der Waals surface area (Å²) < 4.78 is 1.93. The summed E-state index contributed by atoms with van der Waals surface area (Å²) in [6, 6.07) is 0.391. The van der Waals surface area contributed by atoms with Gasteiger partial charge in [0.1, 0.15) is 0 Å². The molecule has 1 rings (SSSR count). The number of rotatable bonds is 2. The molecule has 0 saturated carbocycles. The van der Waals surface area contributed by atoms with Gasteiger partial charge in [-0.15, -0.1) is 6.42 Å². The molecule has 0 atom stereocenters. The van der Waals surface area contributed by atoms with E-state index in [4.69, 9.17) is 6.42 Å². The summed E-state index contributed by atoms with van der Waals surface area (Å²) in [6.45, 7) is 8.24. The molecule has 1 aromatic rings. The van der Waals surface area contributed by atoms with Crippen molar-refractivity contribution < 1.29 is 0 Å². The Hall–Kier alpha value is -1.23. The van der Waals surface area contributed by atoms with Crippen molar-refractivity contribution in [3.8, 4) is 12.3 Å². The predicted molar refractivity (Wildman–Crippen MR) is 54.5 cm³/mol. The van der Waals surface area contributed by atoms with Crippen LogP contribution in [-0.2, 0) is 5.41 Å². The smallest absolute Gasteiger partial charge is 0.0537 e. The molecule has 0 aromatic carbocycles. The molecule has 0 amide bonds. The number of aromatic nitrogens is 2. The van der Waals surface area contributed by atoms with E-state index in [1.807, 2.05) is 30.9 Å². The summed E-state index contributed by atoms with van der Waals surface area (Å²) >= 11 is 0. The fourth-order valence-corrected chi connectivity index (χ4v) is 1.03. The van der Waals surface area contributed by atoms with E-state index in [9.17, 15) is 0 Å². The molecule has 0 bridgehead atoms. The third-order valence-electron chi connectivity index (χ3n) is 2.21. The Bertz CT molecular complexity index is 326. The Balaban J connectivity index is 3.00. The first-order valence-corrected chi connectivity index (χ1v) is 4.50. The molecule has 0 radical (unpaired) electrons. The molecule has 0 spiro atoms. The van der Waals surface area contributed by atoms with E-state index in [2.05, 4.69) is 24.9 Å². The second-order valence-corrected chi connectivity index (χ2v) is 4.07. The lowest BCUT2D eigenvalue weighted by molar-refractivity contribution is 0.531. The van der Waals surface area contributed by atoms with Crippen molar-refractivity contribution in [2.24, 2.45) is 0 Å². The SMILES string of the molecule is C#CC(C)(C)c1cnn(C(C)C)c1. The first-order chi connectivity index (χ1) is 5.97. The second-order valence-electron chi connectivity index (χ2n) is 4.07. The average molecular weight is 176 g/mol. The van der Waals surface area contributed by atoms with Crippen LogP contribution in [0.25, 0.3) is 0 Å². The molecule has 2 heteroatoms. The highest BCUT2D eigenvalue weighted by Crippen LogP contribution is 2.21. The van der Waals surface area contributed by atoms with Gasteiger partial charge >= 0.3 is 0 Å². The monoisotopic (exact) mass is 176 g/mol. The third-order valence-corrected chi connectivity index (χ3v) is 2.21. The molecule has 0 aliphatic heterocycles. The van der Waals surface area contributed by atoms with Crippen LogP contribution in [0.15, 0.2) is 12.4 Å². The molecule has 70 valence electrons. The van der Waals surface area contributed by atoms with Crippen LogP contribution in [0.3, 0.4) is 0 Å². The first kappa shape index (κ1) is 9.85. The van der Waals surface area contributed by atoms with Gasteiger partial charge in [-0.3, -0.25) is 4.68 Å². The van der Waals surface area contributed by atoms with Gasteiger partial charge in [0.05, 0.1) is 11.6 Å². The molecule has 1 heterocycles. The lowest BCUT2D eigenvalue weighted by Crippen LogP contribution is -2.12. The third kappa shape index (κ3) is 1.92. The highest BCUT2D eigenvalue weighted by Gasteiger charge is 2.19. The Morgan fingerprint density at radius 3 is 2.54 bits per heavy atom. The lowest BCUT2D eigenvalue weighted by atomic mass is 9.88. The highest BCUT2D eigenvalue weighted by molar-refractivity contribution is 5.27. The van der Waals surface area contributed by atoms with E-state index in [1.165, 1.54) is 0 Å². The van der Waals surface area contributed by atoms with Crippen LogP contribution < -0.4 is 0 Å². The average Bonchev–Trinajstić information content (AvgIpc) is 2.52. The topological polar surface area (TPSA) is 17.8 Å². The molecule has 0 unspecified atom stereocenters. The maximum absolute atomic E-state index is 5.44. The van der Waals surface area contributed by atoms with Gasteiger partial charge in [-0.05, 0) is 27.7 Å². The van der Waals surface area contributed by atoms with Crippen LogP contribution in [0, 0.1) is 12.3 Å². The fourth-order valence-electron chi connectivity index (χ4n) is 1.03. The maximum Gasteiger partial charge on any atom is 0.0537 e. The van der Waals surface area contributed by atoms with Crippen molar-refractivity contribution in [2.45, 2.75) is 39.2 Å². The van der Waals surface area contributed by atoms with E-state index in [0.717, 1.165) is 5.56 Å². The largest absolute Gasteiger partial charge is 0.270 e. The molecular formula is C11H16N2. The molecule has 2 nitrogen and oxygen atoms in total. The van der Waals surface area contributed by atoms with Crippen LogP contribution in [0.1, 0.15) is 39.3 Å². The summed E-state index contributed by atoms with van der Waals surface area (Å²) in [5.74, 6) is 2.76. The molecule has 0 fully saturated rings. The standard InChI is InChI=1S/C11H16N2/c1-6-11(4,5)10-7-12-13(8-10)9(2)3/h1,7-9H,2-5H3. The lowest BCUT2D eigenvalue weighted by Gasteiger charge is -2.14. The quantitative estimate of drug-likeness (QED) is 0.632.